The summed E-state index contributed by atoms with van der Waals surface area (Å²) in [5.41, 5.74) is 6.75. The van der Waals surface area contributed by atoms with Crippen molar-refractivity contribution in [2.45, 2.75) is 19.6 Å². The van der Waals surface area contributed by atoms with Gasteiger partial charge in [0, 0.05) is 28.3 Å². The van der Waals surface area contributed by atoms with Crippen LogP contribution in [0.25, 0.3) is 0 Å². The monoisotopic (exact) mass is 297 g/mol. The summed E-state index contributed by atoms with van der Waals surface area (Å²) in [4.78, 5) is 0. The summed E-state index contributed by atoms with van der Waals surface area (Å²) < 4.78 is 32.3. The van der Waals surface area contributed by atoms with Gasteiger partial charge in [-0.25, -0.2) is 8.78 Å². The van der Waals surface area contributed by atoms with E-state index in [1.807, 2.05) is 0 Å². The normalized spacial score (nSPS) is 12.2. The maximum Gasteiger partial charge on any atom is 0.129 e. The Labute approximate surface area is 121 Å². The summed E-state index contributed by atoms with van der Waals surface area (Å²) in [6.07, 6.45) is 0. The van der Waals surface area contributed by atoms with Gasteiger partial charge in [0.2, 0.25) is 0 Å². The zero-order chi connectivity index (χ0) is 14.7. The minimum atomic E-state index is -0.434. The number of ether oxygens (including phenoxy) is 1. The predicted octanol–water partition coefficient (Wildman–Crippen LogP) is 4.22. The molecule has 0 fully saturated rings. The van der Waals surface area contributed by atoms with Gasteiger partial charge in [0.05, 0.1) is 0 Å². The number of hydrogen-bond acceptors (Lipinski definition) is 2. The van der Waals surface area contributed by atoms with Crippen LogP contribution in [0.1, 0.15) is 24.1 Å². The van der Waals surface area contributed by atoms with E-state index >= 15 is 0 Å². The Morgan fingerprint density at radius 2 is 1.95 bits per heavy atom. The van der Waals surface area contributed by atoms with Gasteiger partial charge in [-0.05, 0) is 31.2 Å². The summed E-state index contributed by atoms with van der Waals surface area (Å²) in [6.45, 7) is 1.72. The minimum Gasteiger partial charge on any atom is -0.488 e. The largest absolute Gasteiger partial charge is 0.488 e. The molecular weight excluding hydrogens is 284 g/mol. The highest BCUT2D eigenvalue weighted by molar-refractivity contribution is 6.30. The third-order valence-electron chi connectivity index (χ3n) is 2.86. The molecular formula is C15H14ClF2NO. The zero-order valence-corrected chi connectivity index (χ0v) is 11.6. The van der Waals surface area contributed by atoms with Crippen LogP contribution in [0.4, 0.5) is 8.78 Å². The smallest absolute Gasteiger partial charge is 0.129 e. The Morgan fingerprint density at radius 1 is 1.20 bits per heavy atom. The maximum absolute atomic E-state index is 13.6. The van der Waals surface area contributed by atoms with E-state index in [1.54, 1.807) is 13.0 Å². The Bertz CT molecular complexity index is 617. The van der Waals surface area contributed by atoms with E-state index in [4.69, 9.17) is 22.1 Å². The highest BCUT2D eigenvalue weighted by Gasteiger charge is 2.11. The molecule has 0 bridgehead atoms. The van der Waals surface area contributed by atoms with Crippen LogP contribution in [0.15, 0.2) is 36.4 Å². The maximum atomic E-state index is 13.6. The second-order valence-electron chi connectivity index (χ2n) is 4.50. The lowest BCUT2D eigenvalue weighted by Crippen LogP contribution is -2.09. The molecule has 1 atom stereocenters. The van der Waals surface area contributed by atoms with Crippen molar-refractivity contribution >= 4 is 11.6 Å². The van der Waals surface area contributed by atoms with Crippen LogP contribution in [0.2, 0.25) is 5.02 Å². The Morgan fingerprint density at radius 3 is 2.65 bits per heavy atom. The molecule has 0 spiro atoms. The predicted molar refractivity (Wildman–Crippen MR) is 74.7 cm³/mol. The molecule has 2 aromatic rings. The molecule has 2 N–H and O–H groups in total. The molecule has 2 rings (SSSR count). The van der Waals surface area contributed by atoms with E-state index in [0.29, 0.717) is 21.9 Å². The molecule has 0 amide bonds. The number of rotatable bonds is 4. The molecule has 20 heavy (non-hydrogen) atoms. The van der Waals surface area contributed by atoms with E-state index in [1.165, 1.54) is 30.3 Å². The van der Waals surface area contributed by atoms with Crippen LogP contribution in [0.5, 0.6) is 5.75 Å². The Kier molecular flexibility index (Phi) is 4.57. The summed E-state index contributed by atoms with van der Waals surface area (Å²) in [5.74, 6) is -0.552. The van der Waals surface area contributed by atoms with E-state index in [-0.39, 0.29) is 12.6 Å². The van der Waals surface area contributed by atoms with Crippen LogP contribution in [-0.4, -0.2) is 0 Å². The average Bonchev–Trinajstić information content (AvgIpc) is 2.39. The van der Waals surface area contributed by atoms with Crippen LogP contribution < -0.4 is 10.5 Å². The van der Waals surface area contributed by atoms with Crippen molar-refractivity contribution in [3.05, 3.63) is 64.2 Å². The summed E-state index contributed by atoms with van der Waals surface area (Å²) in [6, 6.07) is 7.99. The molecule has 2 aromatic carbocycles. The van der Waals surface area contributed by atoms with Gasteiger partial charge in [-0.1, -0.05) is 17.7 Å². The molecule has 0 saturated carbocycles. The van der Waals surface area contributed by atoms with Crippen molar-refractivity contribution in [3.63, 3.8) is 0 Å². The van der Waals surface area contributed by atoms with Crippen LogP contribution in [-0.2, 0) is 6.61 Å². The number of halogens is 3. The van der Waals surface area contributed by atoms with Gasteiger partial charge in [0.1, 0.15) is 24.0 Å². The second kappa shape index (κ2) is 6.20. The molecule has 0 aliphatic rings. The van der Waals surface area contributed by atoms with Gasteiger partial charge in [0.25, 0.3) is 0 Å². The standard InChI is InChI=1S/C15H14ClF2NO/c1-9(19)13-4-3-12(17)7-15(13)20-8-10-6-11(16)2-5-14(10)18/h2-7,9H,8,19H2,1H3. The molecule has 0 aliphatic carbocycles. The van der Waals surface area contributed by atoms with Crippen molar-refractivity contribution < 1.29 is 13.5 Å². The van der Waals surface area contributed by atoms with E-state index in [9.17, 15) is 8.78 Å². The SMILES string of the molecule is CC(N)c1ccc(F)cc1OCc1cc(Cl)ccc1F. The first kappa shape index (κ1) is 14.8. The molecule has 5 heteroatoms. The molecule has 0 aliphatic heterocycles. The Balaban J connectivity index is 2.22. The lowest BCUT2D eigenvalue weighted by Gasteiger charge is -2.14. The zero-order valence-electron chi connectivity index (χ0n) is 10.9. The number of hydrogen-bond donors (Lipinski definition) is 1. The number of benzene rings is 2. The van der Waals surface area contributed by atoms with Gasteiger partial charge in [0.15, 0.2) is 0 Å². The first-order valence-electron chi connectivity index (χ1n) is 6.09. The first-order valence-corrected chi connectivity index (χ1v) is 6.47. The fourth-order valence-electron chi connectivity index (χ4n) is 1.82. The fourth-order valence-corrected chi connectivity index (χ4v) is 2.01. The van der Waals surface area contributed by atoms with Crippen LogP contribution in [0.3, 0.4) is 0 Å². The van der Waals surface area contributed by atoms with E-state index < -0.39 is 11.6 Å². The molecule has 0 saturated heterocycles. The van der Waals surface area contributed by atoms with Crippen molar-refractivity contribution in [1.29, 1.82) is 0 Å². The van der Waals surface area contributed by atoms with Gasteiger partial charge in [-0.15, -0.1) is 0 Å². The van der Waals surface area contributed by atoms with Gasteiger partial charge in [-0.3, -0.25) is 0 Å². The summed E-state index contributed by atoms with van der Waals surface area (Å²) >= 11 is 5.80. The van der Waals surface area contributed by atoms with Gasteiger partial charge in [-0.2, -0.15) is 0 Å². The van der Waals surface area contributed by atoms with Crippen LogP contribution in [0, 0.1) is 11.6 Å². The van der Waals surface area contributed by atoms with Gasteiger partial charge >= 0.3 is 0 Å². The summed E-state index contributed by atoms with van der Waals surface area (Å²) in [5, 5.41) is 0.414. The first-order chi connectivity index (χ1) is 9.47. The molecule has 0 radical (unpaired) electrons. The summed E-state index contributed by atoms with van der Waals surface area (Å²) in [7, 11) is 0. The number of nitrogens with two attached hydrogens (primary N) is 1. The quantitative estimate of drug-likeness (QED) is 0.917. The third kappa shape index (κ3) is 3.46. The van der Waals surface area contributed by atoms with Crippen LogP contribution >= 0.6 is 11.6 Å². The third-order valence-corrected chi connectivity index (χ3v) is 3.09. The topological polar surface area (TPSA) is 35.2 Å². The molecule has 2 nitrogen and oxygen atoms in total. The van der Waals surface area contributed by atoms with E-state index in [0.717, 1.165) is 0 Å². The average molecular weight is 298 g/mol. The lowest BCUT2D eigenvalue weighted by molar-refractivity contribution is 0.294. The fraction of sp³-hybridized carbons (Fsp3) is 0.200. The van der Waals surface area contributed by atoms with Crippen molar-refractivity contribution in [3.8, 4) is 5.75 Å². The minimum absolute atomic E-state index is 0.0461. The molecule has 0 aromatic heterocycles. The van der Waals surface area contributed by atoms with Crippen molar-refractivity contribution in [1.82, 2.24) is 0 Å². The van der Waals surface area contributed by atoms with Gasteiger partial charge < -0.3 is 10.5 Å². The highest BCUT2D eigenvalue weighted by atomic mass is 35.5. The van der Waals surface area contributed by atoms with E-state index in [2.05, 4.69) is 0 Å². The second-order valence-corrected chi connectivity index (χ2v) is 4.93. The molecule has 1 unspecified atom stereocenters. The van der Waals surface area contributed by atoms with Crippen molar-refractivity contribution in [2.24, 2.45) is 5.73 Å². The molecule has 0 heterocycles. The molecule has 106 valence electrons. The highest BCUT2D eigenvalue weighted by Crippen LogP contribution is 2.26. The Hall–Kier alpha value is -1.65. The lowest BCUT2D eigenvalue weighted by atomic mass is 10.1. The van der Waals surface area contributed by atoms with Crippen molar-refractivity contribution in [2.75, 3.05) is 0 Å².